The second-order valence-corrected chi connectivity index (χ2v) is 17.0. The van der Waals surface area contributed by atoms with Gasteiger partial charge in [-0.25, -0.2) is 9.97 Å². The standard InChI is InChI=1S/C46H41N3S/c1-45(2)23-24-46(3,4)37-27-39-35(26-36(37)45)32-18-7-9-21-38(32)49(39)30-16-11-15-29(25-30)43-47-42(33-20-12-14-28-13-5-6-17-31(28)33)41-34-19-8-10-22-40(34)50-44(41)48-43/h5-6,8-17,20-22,25-27,34H,7,18-19,23-24H2,1-4H3. The lowest BCUT2D eigenvalue weighted by molar-refractivity contribution is 0.332. The van der Waals surface area contributed by atoms with Gasteiger partial charge in [-0.15, -0.1) is 0 Å². The summed E-state index contributed by atoms with van der Waals surface area (Å²) in [6, 6.07) is 29.3. The van der Waals surface area contributed by atoms with Crippen molar-refractivity contribution in [2.24, 2.45) is 0 Å². The number of hydrogen-bond acceptors (Lipinski definition) is 3. The Hall–Kier alpha value is -4.67. The third-order valence-corrected chi connectivity index (χ3v) is 13.1. The average molecular weight is 668 g/mol. The molecule has 1 unspecified atom stereocenters. The normalized spacial score (nSPS) is 19.6. The van der Waals surface area contributed by atoms with Gasteiger partial charge in [0.15, 0.2) is 5.82 Å². The van der Waals surface area contributed by atoms with Crippen LogP contribution in [0.4, 0.5) is 0 Å². The molecule has 0 spiro atoms. The number of aromatic nitrogens is 3. The van der Waals surface area contributed by atoms with E-state index in [2.05, 4.69) is 142 Å². The summed E-state index contributed by atoms with van der Waals surface area (Å²) in [6.45, 7) is 9.73. The van der Waals surface area contributed by atoms with Crippen LogP contribution in [0.2, 0.25) is 0 Å². The zero-order valence-electron chi connectivity index (χ0n) is 29.3. The molecule has 1 atom stereocenters. The highest BCUT2D eigenvalue weighted by Crippen LogP contribution is 2.54. The van der Waals surface area contributed by atoms with Gasteiger partial charge in [-0.1, -0.05) is 118 Å². The molecular weight excluding hydrogens is 627 g/mol. The van der Waals surface area contributed by atoms with Crippen molar-refractivity contribution in [1.82, 2.24) is 14.5 Å². The smallest absolute Gasteiger partial charge is 0.161 e. The second kappa shape index (κ2) is 10.9. The van der Waals surface area contributed by atoms with E-state index in [1.54, 1.807) is 0 Å². The van der Waals surface area contributed by atoms with E-state index in [4.69, 9.17) is 9.97 Å². The summed E-state index contributed by atoms with van der Waals surface area (Å²) in [4.78, 5) is 12.2. The van der Waals surface area contributed by atoms with Gasteiger partial charge in [0.2, 0.25) is 0 Å². The molecule has 10 rings (SSSR count). The predicted molar refractivity (Wildman–Crippen MR) is 210 cm³/mol. The molecule has 0 bridgehead atoms. The number of rotatable bonds is 3. The van der Waals surface area contributed by atoms with Gasteiger partial charge in [0, 0.05) is 39.4 Å². The molecule has 4 aliphatic rings. The predicted octanol–water partition coefficient (Wildman–Crippen LogP) is 12.2. The molecule has 0 amide bonds. The van der Waals surface area contributed by atoms with Gasteiger partial charge in [-0.05, 0) is 106 Å². The Kier molecular flexibility index (Phi) is 6.59. The maximum absolute atomic E-state index is 5.49. The number of aryl methyl sites for hydroxylation is 1. The van der Waals surface area contributed by atoms with Crippen LogP contribution < -0.4 is 0 Å². The van der Waals surface area contributed by atoms with Gasteiger partial charge in [0.05, 0.1) is 11.2 Å². The first-order chi connectivity index (χ1) is 24.3. The minimum absolute atomic E-state index is 0.141. The molecule has 6 aromatic rings. The first-order valence-electron chi connectivity index (χ1n) is 18.2. The van der Waals surface area contributed by atoms with E-state index in [9.17, 15) is 0 Å². The van der Waals surface area contributed by atoms with Gasteiger partial charge in [-0.3, -0.25) is 0 Å². The van der Waals surface area contributed by atoms with Crippen LogP contribution in [0, 0.1) is 0 Å². The van der Waals surface area contributed by atoms with Crippen molar-refractivity contribution < 1.29 is 0 Å². The maximum Gasteiger partial charge on any atom is 0.161 e. The van der Waals surface area contributed by atoms with Crippen LogP contribution in [0.15, 0.2) is 113 Å². The lowest BCUT2D eigenvalue weighted by Gasteiger charge is -2.42. The maximum atomic E-state index is 5.49. The van der Waals surface area contributed by atoms with Crippen LogP contribution in [-0.4, -0.2) is 14.5 Å². The number of benzene rings is 4. The molecule has 3 aliphatic carbocycles. The molecule has 0 fully saturated rings. The highest BCUT2D eigenvalue weighted by atomic mass is 32.2. The summed E-state index contributed by atoms with van der Waals surface area (Å²) in [7, 11) is 0. The molecule has 1 aliphatic heterocycles. The molecule has 3 nitrogen and oxygen atoms in total. The number of nitrogens with zero attached hydrogens (tertiary/aromatic N) is 3. The van der Waals surface area contributed by atoms with E-state index >= 15 is 0 Å². The topological polar surface area (TPSA) is 30.7 Å². The van der Waals surface area contributed by atoms with Crippen molar-refractivity contribution >= 4 is 39.5 Å². The Labute approximate surface area is 298 Å². The highest BCUT2D eigenvalue weighted by molar-refractivity contribution is 8.03. The SMILES string of the molecule is CC1(C)CCC(C)(C)c2cc3c(cc21)c1c(n3-c2cccc(-c3nc4c(c(-c5cccc6ccccc56)n3)C3CC=CC=C3S4)c2)C=CCC1. The largest absolute Gasteiger partial charge is 0.310 e. The third-order valence-electron chi connectivity index (χ3n) is 11.9. The van der Waals surface area contributed by atoms with Crippen molar-refractivity contribution in [2.45, 2.75) is 81.6 Å². The van der Waals surface area contributed by atoms with E-state index < -0.39 is 0 Å². The van der Waals surface area contributed by atoms with Crippen molar-refractivity contribution in [3.8, 4) is 28.3 Å². The molecule has 2 aromatic heterocycles. The zero-order valence-corrected chi connectivity index (χ0v) is 30.1. The summed E-state index contributed by atoms with van der Waals surface area (Å²) < 4.78 is 2.51. The molecule has 0 saturated carbocycles. The third kappa shape index (κ3) is 4.50. The first-order valence-corrected chi connectivity index (χ1v) is 19.0. The molecular formula is C46H41N3S. The summed E-state index contributed by atoms with van der Waals surface area (Å²) >= 11 is 1.82. The van der Waals surface area contributed by atoms with Gasteiger partial charge in [0.25, 0.3) is 0 Å². The van der Waals surface area contributed by atoms with E-state index in [0.717, 1.165) is 47.1 Å². The number of allylic oxidation sites excluding steroid dienone is 5. The molecule has 4 heteroatoms. The molecule has 50 heavy (non-hydrogen) atoms. The van der Waals surface area contributed by atoms with Crippen molar-refractivity contribution in [3.63, 3.8) is 0 Å². The Morgan fingerprint density at radius 1 is 0.800 bits per heavy atom. The Morgan fingerprint density at radius 3 is 2.48 bits per heavy atom. The Morgan fingerprint density at radius 2 is 1.60 bits per heavy atom. The molecule has 246 valence electrons. The lowest BCUT2D eigenvalue weighted by Crippen LogP contribution is -2.33. The molecule has 0 radical (unpaired) electrons. The van der Waals surface area contributed by atoms with Gasteiger partial charge >= 0.3 is 0 Å². The molecule has 3 heterocycles. The van der Waals surface area contributed by atoms with E-state index in [-0.39, 0.29) is 10.8 Å². The summed E-state index contributed by atoms with van der Waals surface area (Å²) in [5.74, 6) is 1.09. The van der Waals surface area contributed by atoms with Crippen molar-refractivity contribution in [2.75, 3.05) is 0 Å². The number of hydrogen-bond donors (Lipinski definition) is 0. The zero-order chi connectivity index (χ0) is 33.8. The highest BCUT2D eigenvalue weighted by Gasteiger charge is 2.38. The fourth-order valence-electron chi connectivity index (χ4n) is 9.05. The van der Waals surface area contributed by atoms with Crippen LogP contribution >= 0.6 is 11.8 Å². The Bertz CT molecular complexity index is 2500. The quantitative estimate of drug-likeness (QED) is 0.176. The lowest BCUT2D eigenvalue weighted by atomic mass is 9.63. The fourth-order valence-corrected chi connectivity index (χ4v) is 10.3. The van der Waals surface area contributed by atoms with Gasteiger partial charge in [-0.2, -0.15) is 0 Å². The first kappa shape index (κ1) is 30.2. The minimum atomic E-state index is 0.141. The average Bonchev–Trinajstić information content (AvgIpc) is 3.68. The number of thioether (sulfide) groups is 1. The van der Waals surface area contributed by atoms with E-state index in [1.807, 2.05) is 11.8 Å². The van der Waals surface area contributed by atoms with Crippen molar-refractivity contribution in [1.29, 1.82) is 0 Å². The summed E-state index contributed by atoms with van der Waals surface area (Å²) in [5, 5.41) is 4.96. The van der Waals surface area contributed by atoms with Crippen LogP contribution in [0.3, 0.4) is 0 Å². The monoisotopic (exact) mass is 667 g/mol. The fraction of sp³-hybridized carbons (Fsp3) is 0.261. The Balaban J connectivity index is 1.18. The van der Waals surface area contributed by atoms with Crippen LogP contribution in [0.1, 0.15) is 87.2 Å². The van der Waals surface area contributed by atoms with E-state index in [0.29, 0.717) is 5.92 Å². The molecule has 4 aromatic carbocycles. The summed E-state index contributed by atoms with van der Waals surface area (Å²) in [6.07, 6.45) is 17.0. The van der Waals surface area contributed by atoms with Crippen molar-refractivity contribution in [3.05, 3.63) is 136 Å². The van der Waals surface area contributed by atoms with E-state index in [1.165, 1.54) is 72.9 Å². The van der Waals surface area contributed by atoms with Gasteiger partial charge < -0.3 is 4.57 Å². The molecule has 0 saturated heterocycles. The minimum Gasteiger partial charge on any atom is -0.310 e. The van der Waals surface area contributed by atoms with Crippen LogP contribution in [0.25, 0.3) is 56.1 Å². The molecule has 0 N–H and O–H groups in total. The van der Waals surface area contributed by atoms with Gasteiger partial charge in [0.1, 0.15) is 5.03 Å². The number of fused-ring (bicyclic) bond motifs is 8. The summed E-state index contributed by atoms with van der Waals surface area (Å²) in [5.41, 5.74) is 13.2. The second-order valence-electron chi connectivity index (χ2n) is 15.9. The van der Waals surface area contributed by atoms with Crippen LogP contribution in [0.5, 0.6) is 0 Å². The van der Waals surface area contributed by atoms with Crippen LogP contribution in [-0.2, 0) is 17.3 Å².